The van der Waals surface area contributed by atoms with Gasteiger partial charge in [-0.05, 0) is 36.2 Å². The predicted molar refractivity (Wildman–Crippen MR) is 95.1 cm³/mol. The molecular weight excluding hydrogens is 298 g/mol. The number of rotatable bonds is 1. The molecule has 1 N–H and O–H groups in total. The average molecular weight is 313 g/mol. The smallest absolute Gasteiger partial charge is 0.172 e. The molecule has 0 saturated carbocycles. The van der Waals surface area contributed by atoms with E-state index in [2.05, 4.69) is 30.1 Å². The molecule has 116 valence electrons. The van der Waals surface area contributed by atoms with Gasteiger partial charge in [0.1, 0.15) is 0 Å². The second-order valence-electron chi connectivity index (χ2n) is 5.99. The van der Waals surface area contributed by atoms with E-state index in [-0.39, 0.29) is 0 Å². The standard InChI is InChI=1S/C21H15NO2/c1-13-15-11-19-20(24-18-10-6-5-9-17(18)23-19)12-16(15)22-21(13)14-7-3-2-4-8-14/h2-12,22H,1H3. The van der Waals surface area contributed by atoms with E-state index in [4.69, 9.17) is 9.47 Å². The highest BCUT2D eigenvalue weighted by molar-refractivity contribution is 5.93. The van der Waals surface area contributed by atoms with E-state index in [1.807, 2.05) is 48.5 Å². The summed E-state index contributed by atoms with van der Waals surface area (Å²) in [6.45, 7) is 2.13. The monoisotopic (exact) mass is 313 g/mol. The van der Waals surface area contributed by atoms with Crippen molar-refractivity contribution in [3.63, 3.8) is 0 Å². The Bertz CT molecular complexity index is 1060. The summed E-state index contributed by atoms with van der Waals surface area (Å²) in [4.78, 5) is 3.52. The Balaban J connectivity index is 1.68. The van der Waals surface area contributed by atoms with Crippen LogP contribution in [-0.4, -0.2) is 4.98 Å². The first-order chi connectivity index (χ1) is 11.8. The average Bonchev–Trinajstić information content (AvgIpc) is 2.95. The minimum absolute atomic E-state index is 0.738. The number of aryl methyl sites for hydroxylation is 1. The summed E-state index contributed by atoms with van der Waals surface area (Å²) in [5, 5.41) is 1.15. The maximum Gasteiger partial charge on any atom is 0.172 e. The summed E-state index contributed by atoms with van der Waals surface area (Å²) >= 11 is 0. The zero-order valence-corrected chi connectivity index (χ0v) is 13.2. The number of ether oxygens (including phenoxy) is 2. The Morgan fingerprint density at radius 3 is 2.04 bits per heavy atom. The first-order valence-electron chi connectivity index (χ1n) is 7.96. The van der Waals surface area contributed by atoms with Crippen LogP contribution in [0.3, 0.4) is 0 Å². The third-order valence-electron chi connectivity index (χ3n) is 4.47. The summed E-state index contributed by atoms with van der Waals surface area (Å²) in [6.07, 6.45) is 0. The van der Waals surface area contributed by atoms with E-state index in [9.17, 15) is 0 Å². The molecule has 3 aromatic carbocycles. The highest BCUT2D eigenvalue weighted by Gasteiger charge is 2.21. The van der Waals surface area contributed by atoms with Crippen molar-refractivity contribution in [1.82, 2.24) is 4.98 Å². The number of fused-ring (bicyclic) bond motifs is 3. The number of H-pyrrole nitrogens is 1. The molecule has 1 aliphatic rings. The Morgan fingerprint density at radius 1 is 0.708 bits per heavy atom. The van der Waals surface area contributed by atoms with Crippen LogP contribution in [0, 0.1) is 6.92 Å². The number of para-hydroxylation sites is 2. The lowest BCUT2D eigenvalue weighted by atomic mass is 10.1. The van der Waals surface area contributed by atoms with Gasteiger partial charge in [-0.15, -0.1) is 0 Å². The summed E-state index contributed by atoms with van der Waals surface area (Å²) in [7, 11) is 0. The number of aromatic amines is 1. The van der Waals surface area contributed by atoms with E-state index >= 15 is 0 Å². The summed E-state index contributed by atoms with van der Waals surface area (Å²) in [6, 6.07) is 22.1. The van der Waals surface area contributed by atoms with E-state index in [0.717, 1.165) is 39.6 Å². The molecule has 24 heavy (non-hydrogen) atoms. The molecule has 0 unspecified atom stereocenters. The van der Waals surface area contributed by atoms with Crippen molar-refractivity contribution in [3.8, 4) is 34.3 Å². The van der Waals surface area contributed by atoms with Gasteiger partial charge < -0.3 is 14.5 Å². The van der Waals surface area contributed by atoms with Gasteiger partial charge in [0.15, 0.2) is 23.0 Å². The van der Waals surface area contributed by atoms with E-state index in [0.29, 0.717) is 0 Å². The molecule has 4 aromatic rings. The Labute approximate surface area is 139 Å². The van der Waals surface area contributed by atoms with Crippen molar-refractivity contribution in [2.45, 2.75) is 6.92 Å². The van der Waals surface area contributed by atoms with Crippen LogP contribution in [0.2, 0.25) is 0 Å². The van der Waals surface area contributed by atoms with Crippen LogP contribution in [0.1, 0.15) is 5.56 Å². The van der Waals surface area contributed by atoms with Crippen molar-refractivity contribution >= 4 is 10.9 Å². The Kier molecular flexibility index (Phi) is 2.71. The van der Waals surface area contributed by atoms with Gasteiger partial charge in [0.05, 0.1) is 5.52 Å². The van der Waals surface area contributed by atoms with Gasteiger partial charge in [-0.2, -0.15) is 0 Å². The number of aromatic nitrogens is 1. The minimum atomic E-state index is 0.738. The largest absolute Gasteiger partial charge is 0.449 e. The van der Waals surface area contributed by atoms with E-state index in [1.165, 1.54) is 11.1 Å². The maximum absolute atomic E-state index is 6.02. The zero-order valence-electron chi connectivity index (χ0n) is 13.2. The first kappa shape index (κ1) is 13.3. The molecule has 0 radical (unpaired) electrons. The third kappa shape index (κ3) is 1.91. The van der Waals surface area contributed by atoms with Crippen LogP contribution < -0.4 is 9.47 Å². The molecule has 5 rings (SSSR count). The molecule has 0 spiro atoms. The molecule has 3 heteroatoms. The van der Waals surface area contributed by atoms with Crippen molar-refractivity contribution in [2.75, 3.05) is 0 Å². The van der Waals surface area contributed by atoms with Crippen molar-refractivity contribution < 1.29 is 9.47 Å². The predicted octanol–water partition coefficient (Wildman–Crippen LogP) is 6.04. The van der Waals surface area contributed by atoms with Gasteiger partial charge in [-0.3, -0.25) is 0 Å². The molecule has 0 aliphatic carbocycles. The first-order valence-corrected chi connectivity index (χ1v) is 7.96. The van der Waals surface area contributed by atoms with Crippen LogP contribution >= 0.6 is 0 Å². The summed E-state index contributed by atoms with van der Waals surface area (Å²) < 4.78 is 12.0. The fourth-order valence-electron chi connectivity index (χ4n) is 3.25. The molecule has 0 fully saturated rings. The van der Waals surface area contributed by atoms with Crippen molar-refractivity contribution in [1.29, 1.82) is 0 Å². The van der Waals surface area contributed by atoms with Gasteiger partial charge in [-0.25, -0.2) is 0 Å². The summed E-state index contributed by atoms with van der Waals surface area (Å²) in [5.74, 6) is 2.99. The third-order valence-corrected chi connectivity index (χ3v) is 4.47. The minimum Gasteiger partial charge on any atom is -0.449 e. The highest BCUT2D eigenvalue weighted by Crippen LogP contribution is 2.47. The van der Waals surface area contributed by atoms with Gasteiger partial charge in [0.2, 0.25) is 0 Å². The van der Waals surface area contributed by atoms with E-state index in [1.54, 1.807) is 0 Å². The lowest BCUT2D eigenvalue weighted by Gasteiger charge is -2.20. The molecule has 0 bridgehead atoms. The molecule has 1 aromatic heterocycles. The second-order valence-corrected chi connectivity index (χ2v) is 5.99. The lowest BCUT2D eigenvalue weighted by Crippen LogP contribution is -1.98. The fraction of sp³-hybridized carbons (Fsp3) is 0.0476. The number of benzene rings is 3. The van der Waals surface area contributed by atoms with Crippen LogP contribution in [0.5, 0.6) is 23.0 Å². The Hall–Kier alpha value is -3.20. The summed E-state index contributed by atoms with van der Waals surface area (Å²) in [5.41, 5.74) is 4.56. The van der Waals surface area contributed by atoms with E-state index < -0.39 is 0 Å². The SMILES string of the molecule is Cc1c(-c2ccccc2)[nH]c2cc3c(cc12)Oc1ccccc1O3. The van der Waals surface area contributed by atoms with Crippen molar-refractivity contribution in [2.24, 2.45) is 0 Å². The van der Waals surface area contributed by atoms with Crippen LogP contribution in [-0.2, 0) is 0 Å². The lowest BCUT2D eigenvalue weighted by molar-refractivity contribution is 0.360. The van der Waals surface area contributed by atoms with Crippen LogP contribution in [0.15, 0.2) is 66.7 Å². The van der Waals surface area contributed by atoms with Crippen molar-refractivity contribution in [3.05, 3.63) is 72.3 Å². The van der Waals surface area contributed by atoms with Gasteiger partial charge in [-0.1, -0.05) is 42.5 Å². The number of hydrogen-bond acceptors (Lipinski definition) is 2. The van der Waals surface area contributed by atoms with Gasteiger partial charge in [0.25, 0.3) is 0 Å². The van der Waals surface area contributed by atoms with Crippen LogP contribution in [0.4, 0.5) is 0 Å². The number of nitrogens with one attached hydrogen (secondary N) is 1. The quantitative estimate of drug-likeness (QED) is 0.409. The second kappa shape index (κ2) is 4.90. The molecule has 1 aliphatic heterocycles. The Morgan fingerprint density at radius 2 is 1.33 bits per heavy atom. The number of hydrogen-bond donors (Lipinski definition) is 1. The highest BCUT2D eigenvalue weighted by atomic mass is 16.6. The molecule has 0 atom stereocenters. The molecule has 3 nitrogen and oxygen atoms in total. The van der Waals surface area contributed by atoms with Gasteiger partial charge in [0, 0.05) is 17.1 Å². The molecular formula is C21H15NO2. The van der Waals surface area contributed by atoms with Gasteiger partial charge >= 0.3 is 0 Å². The zero-order chi connectivity index (χ0) is 16.1. The topological polar surface area (TPSA) is 34.2 Å². The normalized spacial score (nSPS) is 12.2. The molecule has 2 heterocycles. The maximum atomic E-state index is 6.02. The molecule has 0 amide bonds. The van der Waals surface area contributed by atoms with Crippen LogP contribution in [0.25, 0.3) is 22.2 Å². The molecule has 0 saturated heterocycles. The fourth-order valence-corrected chi connectivity index (χ4v) is 3.25.